The number of hydrogen-bond acceptors (Lipinski definition) is 1. The predicted octanol–water partition coefficient (Wildman–Crippen LogP) is 5.77. The van der Waals surface area contributed by atoms with Crippen molar-refractivity contribution in [2.45, 2.75) is 89.6 Å². The van der Waals surface area contributed by atoms with Gasteiger partial charge in [-0.3, -0.25) is 0 Å². The van der Waals surface area contributed by atoms with Crippen molar-refractivity contribution in [3.05, 3.63) is 12.7 Å². The Morgan fingerprint density at radius 1 is 0.947 bits per heavy atom. The van der Waals surface area contributed by atoms with E-state index in [2.05, 4.69) is 33.4 Å². The van der Waals surface area contributed by atoms with Crippen molar-refractivity contribution in [3.8, 4) is 0 Å². The molecule has 0 aromatic heterocycles. The van der Waals surface area contributed by atoms with Gasteiger partial charge in [-0.05, 0) is 0 Å². The second kappa shape index (κ2) is 11.2. The van der Waals surface area contributed by atoms with E-state index in [0.29, 0.717) is 3.93 Å². The maximum atomic E-state index is 10.2. The van der Waals surface area contributed by atoms with Gasteiger partial charge in [0.25, 0.3) is 0 Å². The van der Waals surface area contributed by atoms with Gasteiger partial charge in [0, 0.05) is 0 Å². The second-order valence-electron chi connectivity index (χ2n) is 6.18. The van der Waals surface area contributed by atoms with Crippen molar-refractivity contribution in [1.29, 1.82) is 0 Å². The van der Waals surface area contributed by atoms with E-state index in [4.69, 9.17) is 0 Å². The number of aliphatic hydroxyl groups excluding tert-OH is 1. The molecule has 0 aliphatic rings. The minimum absolute atomic E-state index is 0.182. The van der Waals surface area contributed by atoms with Crippen LogP contribution in [0, 0.1) is 0 Å². The van der Waals surface area contributed by atoms with Crippen LogP contribution in [0.25, 0.3) is 0 Å². The fourth-order valence-electron chi connectivity index (χ4n) is 3.42. The van der Waals surface area contributed by atoms with E-state index in [0.717, 1.165) is 0 Å². The van der Waals surface area contributed by atoms with Gasteiger partial charge in [0.1, 0.15) is 0 Å². The molecular formula is C17H36OSn. The summed E-state index contributed by atoms with van der Waals surface area (Å²) in [5.41, 5.74) is 0. The average Bonchev–Trinajstić information content (AvgIpc) is 2.40. The molecule has 0 aromatic rings. The van der Waals surface area contributed by atoms with Gasteiger partial charge in [0.2, 0.25) is 0 Å². The predicted molar refractivity (Wildman–Crippen MR) is 90.5 cm³/mol. The van der Waals surface area contributed by atoms with Gasteiger partial charge in [-0.15, -0.1) is 0 Å². The van der Waals surface area contributed by atoms with Crippen LogP contribution in [0.15, 0.2) is 12.7 Å². The van der Waals surface area contributed by atoms with Crippen LogP contribution in [0.4, 0.5) is 0 Å². The molecule has 1 N–H and O–H groups in total. The average molecular weight is 375 g/mol. The molecule has 114 valence electrons. The first-order valence-corrected chi connectivity index (χ1v) is 16.1. The van der Waals surface area contributed by atoms with Crippen molar-refractivity contribution >= 4 is 18.4 Å². The molecule has 0 bridgehead atoms. The summed E-state index contributed by atoms with van der Waals surface area (Å²) in [6, 6.07) is 0. The summed E-state index contributed by atoms with van der Waals surface area (Å²) in [5.74, 6) is 0. The van der Waals surface area contributed by atoms with Crippen molar-refractivity contribution < 1.29 is 5.11 Å². The molecule has 0 rings (SSSR count). The van der Waals surface area contributed by atoms with E-state index in [-0.39, 0.29) is 6.10 Å². The van der Waals surface area contributed by atoms with Crippen LogP contribution in [-0.2, 0) is 0 Å². The molecule has 19 heavy (non-hydrogen) atoms. The summed E-state index contributed by atoms with van der Waals surface area (Å²) in [6.07, 6.45) is 9.89. The van der Waals surface area contributed by atoms with Crippen LogP contribution in [0.2, 0.25) is 17.2 Å². The Morgan fingerprint density at radius 3 is 1.53 bits per heavy atom. The molecule has 2 atom stereocenters. The van der Waals surface area contributed by atoms with Gasteiger partial charge >= 0.3 is 126 Å². The van der Waals surface area contributed by atoms with Crippen molar-refractivity contribution in [3.63, 3.8) is 0 Å². The second-order valence-corrected chi connectivity index (χ2v) is 20.1. The first-order chi connectivity index (χ1) is 9.07. The van der Waals surface area contributed by atoms with E-state index in [9.17, 15) is 5.11 Å². The topological polar surface area (TPSA) is 20.2 Å². The zero-order valence-electron chi connectivity index (χ0n) is 13.8. The molecule has 0 aromatic carbocycles. The first kappa shape index (κ1) is 19.5. The SMILES string of the molecule is C=C[CH](C(C)O)[Sn]([CH2]CCC)([CH2]CCC)[CH2]CCC. The zero-order chi connectivity index (χ0) is 14.7. The Bertz CT molecular complexity index is 204. The molecule has 0 heterocycles. The van der Waals surface area contributed by atoms with Crippen molar-refractivity contribution in [2.75, 3.05) is 0 Å². The normalized spacial score (nSPS) is 15.2. The van der Waals surface area contributed by atoms with Gasteiger partial charge in [0.05, 0.1) is 0 Å². The third-order valence-corrected chi connectivity index (χ3v) is 22.2. The number of rotatable bonds is 12. The number of aliphatic hydroxyl groups is 1. The van der Waals surface area contributed by atoms with Crippen LogP contribution < -0.4 is 0 Å². The molecule has 0 fully saturated rings. The van der Waals surface area contributed by atoms with E-state index >= 15 is 0 Å². The van der Waals surface area contributed by atoms with Gasteiger partial charge in [-0.2, -0.15) is 0 Å². The Hall–Kier alpha value is 0.499. The van der Waals surface area contributed by atoms with Gasteiger partial charge in [-0.25, -0.2) is 0 Å². The molecular weight excluding hydrogens is 339 g/mol. The standard InChI is InChI=1S/C5H9O.3C4H9.Sn/c1-3-4-5(2)6;3*1-3-4-2;/h3-6H,1H2,2H3;3*1,3-4H2,2H3;. The maximum absolute atomic E-state index is 10.2. The minimum atomic E-state index is -2.29. The molecule has 0 spiro atoms. The third kappa shape index (κ3) is 6.66. The van der Waals surface area contributed by atoms with Gasteiger partial charge < -0.3 is 0 Å². The Labute approximate surface area is 125 Å². The molecule has 0 radical (unpaired) electrons. The fourth-order valence-corrected chi connectivity index (χ4v) is 21.8. The summed E-state index contributed by atoms with van der Waals surface area (Å²) in [5, 5.41) is 10.2. The molecule has 0 aliphatic carbocycles. The van der Waals surface area contributed by atoms with Crippen molar-refractivity contribution in [2.24, 2.45) is 0 Å². The van der Waals surface area contributed by atoms with E-state index < -0.39 is 18.4 Å². The molecule has 1 nitrogen and oxygen atoms in total. The van der Waals surface area contributed by atoms with Gasteiger partial charge in [0.15, 0.2) is 0 Å². The van der Waals surface area contributed by atoms with Gasteiger partial charge in [-0.1, -0.05) is 0 Å². The zero-order valence-corrected chi connectivity index (χ0v) is 16.6. The Kier molecular flexibility index (Phi) is 11.5. The van der Waals surface area contributed by atoms with Crippen molar-refractivity contribution in [1.82, 2.24) is 0 Å². The Morgan fingerprint density at radius 2 is 1.32 bits per heavy atom. The van der Waals surface area contributed by atoms with Crippen LogP contribution in [0.3, 0.4) is 0 Å². The monoisotopic (exact) mass is 376 g/mol. The summed E-state index contributed by atoms with van der Waals surface area (Å²) >= 11 is -2.29. The summed E-state index contributed by atoms with van der Waals surface area (Å²) in [7, 11) is 0. The van der Waals surface area contributed by atoms with E-state index in [1.54, 1.807) is 0 Å². The molecule has 0 saturated carbocycles. The molecule has 2 unspecified atom stereocenters. The van der Waals surface area contributed by atoms with Crippen LogP contribution >= 0.6 is 0 Å². The summed E-state index contributed by atoms with van der Waals surface area (Å²) in [4.78, 5) is 0. The number of hydrogen-bond donors (Lipinski definition) is 1. The number of unbranched alkanes of at least 4 members (excludes halogenated alkanes) is 3. The molecule has 0 saturated heterocycles. The Balaban J connectivity index is 5.10. The molecule has 2 heteroatoms. The third-order valence-electron chi connectivity index (χ3n) is 4.57. The van der Waals surface area contributed by atoms with Crippen LogP contribution in [0.5, 0.6) is 0 Å². The van der Waals surface area contributed by atoms with Crippen LogP contribution in [-0.4, -0.2) is 29.6 Å². The fraction of sp³-hybridized carbons (Fsp3) is 0.882. The quantitative estimate of drug-likeness (QED) is 0.339. The van der Waals surface area contributed by atoms with E-state index in [1.807, 2.05) is 6.92 Å². The molecule has 0 aliphatic heterocycles. The van der Waals surface area contributed by atoms with E-state index in [1.165, 1.54) is 51.8 Å². The molecule has 0 amide bonds. The summed E-state index contributed by atoms with van der Waals surface area (Å²) in [6.45, 7) is 12.9. The first-order valence-electron chi connectivity index (χ1n) is 8.38. The van der Waals surface area contributed by atoms with Crippen LogP contribution in [0.1, 0.15) is 66.2 Å². The summed E-state index contributed by atoms with van der Waals surface area (Å²) < 4.78 is 4.81.